The van der Waals surface area contributed by atoms with E-state index >= 15 is 0 Å². The largest absolute Gasteiger partial charge is 0.383 e. The molecular weight excluding hydrogens is 249 g/mol. The lowest BCUT2D eigenvalue weighted by molar-refractivity contribution is 0.199. The van der Waals surface area contributed by atoms with Crippen molar-refractivity contribution < 1.29 is 9.13 Å². The van der Waals surface area contributed by atoms with Gasteiger partial charge >= 0.3 is 0 Å². The smallest absolute Gasteiger partial charge is 0.124 e. The minimum atomic E-state index is -0.225. The minimum absolute atomic E-state index is 0.225. The molecule has 0 saturated heterocycles. The van der Waals surface area contributed by atoms with Crippen molar-refractivity contribution in [1.82, 2.24) is 5.32 Å². The van der Waals surface area contributed by atoms with Crippen LogP contribution in [0.1, 0.15) is 5.56 Å². The summed E-state index contributed by atoms with van der Waals surface area (Å²) in [6, 6.07) is 4.69. The van der Waals surface area contributed by atoms with Gasteiger partial charge < -0.3 is 10.1 Å². The highest BCUT2D eigenvalue weighted by atomic mass is 79.9. The van der Waals surface area contributed by atoms with E-state index in [4.69, 9.17) is 4.74 Å². The summed E-state index contributed by atoms with van der Waals surface area (Å²) >= 11 is 3.31. The standard InChI is InChI=1S/C10H13BrFNO/c1-14-5-4-13-7-8-2-3-9(12)6-10(8)11/h2-3,6,13H,4-5,7H2,1H3. The first kappa shape index (κ1) is 11.6. The first-order valence-electron chi connectivity index (χ1n) is 4.37. The first-order valence-corrected chi connectivity index (χ1v) is 5.17. The number of rotatable bonds is 5. The molecule has 0 bridgehead atoms. The van der Waals surface area contributed by atoms with E-state index in [2.05, 4.69) is 21.2 Å². The van der Waals surface area contributed by atoms with Gasteiger partial charge in [0.15, 0.2) is 0 Å². The molecule has 14 heavy (non-hydrogen) atoms. The number of methoxy groups -OCH3 is 1. The van der Waals surface area contributed by atoms with Crippen LogP contribution in [-0.4, -0.2) is 20.3 Å². The fraction of sp³-hybridized carbons (Fsp3) is 0.400. The quantitative estimate of drug-likeness (QED) is 0.822. The second-order valence-corrected chi connectivity index (χ2v) is 3.76. The van der Waals surface area contributed by atoms with Crippen LogP contribution in [0.5, 0.6) is 0 Å². The van der Waals surface area contributed by atoms with E-state index in [0.29, 0.717) is 13.2 Å². The molecule has 2 nitrogen and oxygen atoms in total. The molecule has 0 radical (unpaired) electrons. The van der Waals surface area contributed by atoms with Crippen LogP contribution in [0.25, 0.3) is 0 Å². The van der Waals surface area contributed by atoms with Crippen molar-refractivity contribution in [3.8, 4) is 0 Å². The van der Waals surface area contributed by atoms with Crippen LogP contribution in [0.4, 0.5) is 4.39 Å². The lowest BCUT2D eigenvalue weighted by Crippen LogP contribution is -2.18. The number of hydrogen-bond donors (Lipinski definition) is 1. The Morgan fingerprint density at radius 1 is 1.50 bits per heavy atom. The Balaban J connectivity index is 2.42. The molecule has 1 N–H and O–H groups in total. The SMILES string of the molecule is COCCNCc1ccc(F)cc1Br. The Kier molecular flexibility index (Phi) is 5.07. The lowest BCUT2D eigenvalue weighted by Gasteiger charge is -2.06. The van der Waals surface area contributed by atoms with Crippen LogP contribution in [0.2, 0.25) is 0 Å². The maximum absolute atomic E-state index is 12.7. The minimum Gasteiger partial charge on any atom is -0.383 e. The molecule has 1 rings (SSSR count). The summed E-state index contributed by atoms with van der Waals surface area (Å²) in [6.45, 7) is 2.18. The monoisotopic (exact) mass is 261 g/mol. The summed E-state index contributed by atoms with van der Waals surface area (Å²) in [4.78, 5) is 0. The molecule has 1 aromatic rings. The van der Waals surface area contributed by atoms with Crippen molar-refractivity contribution in [3.63, 3.8) is 0 Å². The van der Waals surface area contributed by atoms with Gasteiger partial charge in [-0.25, -0.2) is 4.39 Å². The number of halogens is 2. The molecule has 4 heteroatoms. The number of hydrogen-bond acceptors (Lipinski definition) is 2. The molecule has 0 fully saturated rings. The Morgan fingerprint density at radius 2 is 2.29 bits per heavy atom. The van der Waals surface area contributed by atoms with Crippen molar-refractivity contribution in [1.29, 1.82) is 0 Å². The fourth-order valence-electron chi connectivity index (χ4n) is 1.06. The van der Waals surface area contributed by atoms with Crippen molar-refractivity contribution in [3.05, 3.63) is 34.1 Å². The second kappa shape index (κ2) is 6.11. The maximum atomic E-state index is 12.7. The van der Waals surface area contributed by atoms with Gasteiger partial charge in [-0.1, -0.05) is 22.0 Å². The third-order valence-corrected chi connectivity index (χ3v) is 2.55. The zero-order chi connectivity index (χ0) is 10.4. The average molecular weight is 262 g/mol. The fourth-order valence-corrected chi connectivity index (χ4v) is 1.55. The van der Waals surface area contributed by atoms with Gasteiger partial charge in [-0.2, -0.15) is 0 Å². The highest BCUT2D eigenvalue weighted by Gasteiger charge is 2.00. The van der Waals surface area contributed by atoms with E-state index < -0.39 is 0 Å². The van der Waals surface area contributed by atoms with Gasteiger partial charge in [0.1, 0.15) is 5.82 Å². The summed E-state index contributed by atoms with van der Waals surface area (Å²) in [7, 11) is 1.66. The Morgan fingerprint density at radius 3 is 2.93 bits per heavy atom. The average Bonchev–Trinajstić information content (AvgIpc) is 2.15. The van der Waals surface area contributed by atoms with Crippen molar-refractivity contribution in [2.75, 3.05) is 20.3 Å². The Bertz CT molecular complexity index is 293. The van der Waals surface area contributed by atoms with Gasteiger partial charge in [0.2, 0.25) is 0 Å². The van der Waals surface area contributed by atoms with Crippen LogP contribution in [0, 0.1) is 5.82 Å². The van der Waals surface area contributed by atoms with Crippen molar-refractivity contribution in [2.45, 2.75) is 6.54 Å². The summed E-state index contributed by atoms with van der Waals surface area (Å²) in [5.41, 5.74) is 1.04. The van der Waals surface area contributed by atoms with Gasteiger partial charge in [0.05, 0.1) is 6.61 Å². The van der Waals surface area contributed by atoms with E-state index in [-0.39, 0.29) is 5.82 Å². The highest BCUT2D eigenvalue weighted by molar-refractivity contribution is 9.10. The van der Waals surface area contributed by atoms with E-state index in [1.807, 2.05) is 0 Å². The maximum Gasteiger partial charge on any atom is 0.124 e. The lowest BCUT2D eigenvalue weighted by atomic mass is 10.2. The summed E-state index contributed by atoms with van der Waals surface area (Å²) in [5, 5.41) is 3.19. The van der Waals surface area contributed by atoms with Crippen LogP contribution in [-0.2, 0) is 11.3 Å². The molecule has 0 heterocycles. The molecule has 1 aromatic carbocycles. The zero-order valence-corrected chi connectivity index (χ0v) is 9.60. The normalized spacial score (nSPS) is 10.5. The van der Waals surface area contributed by atoms with Crippen LogP contribution in [0.15, 0.2) is 22.7 Å². The summed E-state index contributed by atoms with van der Waals surface area (Å²) in [5.74, 6) is -0.225. The molecule has 0 unspecified atom stereocenters. The molecule has 0 aromatic heterocycles. The molecular formula is C10H13BrFNO. The topological polar surface area (TPSA) is 21.3 Å². The third-order valence-electron chi connectivity index (χ3n) is 1.81. The molecule has 0 spiro atoms. The zero-order valence-electron chi connectivity index (χ0n) is 8.02. The third kappa shape index (κ3) is 3.74. The molecule has 0 amide bonds. The van der Waals surface area contributed by atoms with Gasteiger partial charge in [-0.15, -0.1) is 0 Å². The highest BCUT2D eigenvalue weighted by Crippen LogP contribution is 2.17. The molecule has 0 aliphatic carbocycles. The van der Waals surface area contributed by atoms with E-state index in [1.165, 1.54) is 12.1 Å². The van der Waals surface area contributed by atoms with Gasteiger partial charge in [-0.05, 0) is 17.7 Å². The Labute approximate surface area is 91.6 Å². The predicted molar refractivity (Wildman–Crippen MR) is 57.7 cm³/mol. The van der Waals surface area contributed by atoms with Crippen LogP contribution >= 0.6 is 15.9 Å². The molecule has 0 atom stereocenters. The number of benzene rings is 1. The molecule has 0 aliphatic rings. The van der Waals surface area contributed by atoms with E-state index in [9.17, 15) is 4.39 Å². The van der Waals surface area contributed by atoms with E-state index in [1.54, 1.807) is 13.2 Å². The molecule has 78 valence electrons. The number of nitrogens with one attached hydrogen (secondary N) is 1. The van der Waals surface area contributed by atoms with Gasteiger partial charge in [-0.3, -0.25) is 0 Å². The summed E-state index contributed by atoms with van der Waals surface area (Å²) in [6.07, 6.45) is 0. The van der Waals surface area contributed by atoms with Gasteiger partial charge in [0.25, 0.3) is 0 Å². The predicted octanol–water partition coefficient (Wildman–Crippen LogP) is 2.32. The Hall–Kier alpha value is -0.450. The number of ether oxygens (including phenoxy) is 1. The molecule has 0 aliphatic heterocycles. The van der Waals surface area contributed by atoms with Gasteiger partial charge in [0, 0.05) is 24.7 Å². The van der Waals surface area contributed by atoms with Crippen molar-refractivity contribution >= 4 is 15.9 Å². The van der Waals surface area contributed by atoms with E-state index in [0.717, 1.165) is 16.6 Å². The van der Waals surface area contributed by atoms with Crippen LogP contribution in [0.3, 0.4) is 0 Å². The second-order valence-electron chi connectivity index (χ2n) is 2.91. The molecule has 0 saturated carbocycles. The summed E-state index contributed by atoms with van der Waals surface area (Å²) < 4.78 is 18.4. The first-order chi connectivity index (χ1) is 6.74. The van der Waals surface area contributed by atoms with Crippen molar-refractivity contribution in [2.24, 2.45) is 0 Å². The van der Waals surface area contributed by atoms with Crippen LogP contribution < -0.4 is 5.32 Å².